The Bertz CT molecular complexity index is 1030. The van der Waals surface area contributed by atoms with E-state index in [1.165, 1.54) is 5.57 Å². The molecule has 4 N–H and O–H groups in total. The molecule has 2 aliphatic heterocycles. The molecule has 0 aromatic heterocycles. The zero-order chi connectivity index (χ0) is 25.7. The van der Waals surface area contributed by atoms with E-state index in [9.17, 15) is 14.4 Å². The minimum absolute atomic E-state index is 0.0292. The van der Waals surface area contributed by atoms with Crippen molar-refractivity contribution in [3.63, 3.8) is 0 Å². The average molecular weight is 493 g/mol. The molecular formula is C29H40N4O3. The van der Waals surface area contributed by atoms with Crippen LogP contribution in [0.4, 0.5) is 0 Å². The monoisotopic (exact) mass is 492 g/mol. The van der Waals surface area contributed by atoms with E-state index in [0.717, 1.165) is 49.7 Å². The number of hydrogen-bond acceptors (Lipinski definition) is 4. The molecule has 1 aromatic rings. The molecule has 0 radical (unpaired) electrons. The third-order valence-corrected chi connectivity index (χ3v) is 7.93. The second-order valence-corrected chi connectivity index (χ2v) is 10.4. The molecular weight excluding hydrogens is 452 g/mol. The van der Waals surface area contributed by atoms with E-state index in [2.05, 4.69) is 47.9 Å². The number of fused-ring (bicyclic) bond motifs is 1. The van der Waals surface area contributed by atoms with Crippen molar-refractivity contribution in [3.05, 3.63) is 59.2 Å². The van der Waals surface area contributed by atoms with Gasteiger partial charge in [-0.25, -0.2) is 0 Å². The molecule has 0 saturated carbocycles. The van der Waals surface area contributed by atoms with Crippen LogP contribution in [0.1, 0.15) is 81.9 Å². The van der Waals surface area contributed by atoms with E-state index in [4.69, 9.17) is 5.73 Å². The topological polar surface area (TPSA) is 105 Å². The van der Waals surface area contributed by atoms with Gasteiger partial charge in [-0.2, -0.15) is 0 Å². The molecule has 3 amide bonds. The van der Waals surface area contributed by atoms with Crippen LogP contribution in [0, 0.1) is 6.92 Å². The van der Waals surface area contributed by atoms with Crippen molar-refractivity contribution in [2.75, 3.05) is 0 Å². The van der Waals surface area contributed by atoms with Gasteiger partial charge in [0.1, 0.15) is 12.1 Å². The highest BCUT2D eigenvalue weighted by Crippen LogP contribution is 2.34. The Balaban J connectivity index is 1.57. The first-order valence-corrected chi connectivity index (χ1v) is 13.5. The van der Waals surface area contributed by atoms with Gasteiger partial charge >= 0.3 is 0 Å². The zero-order valence-electron chi connectivity index (χ0n) is 21.5. The first kappa shape index (κ1) is 26.1. The minimum atomic E-state index is -0.635. The second kappa shape index (κ2) is 11.9. The molecule has 2 heterocycles. The first-order chi connectivity index (χ1) is 17.4. The molecule has 0 bridgehead atoms. The molecule has 36 heavy (non-hydrogen) atoms. The van der Waals surface area contributed by atoms with Gasteiger partial charge in [-0.3, -0.25) is 14.4 Å². The third kappa shape index (κ3) is 5.72. The summed E-state index contributed by atoms with van der Waals surface area (Å²) >= 11 is 0. The van der Waals surface area contributed by atoms with Crippen molar-refractivity contribution in [1.29, 1.82) is 0 Å². The van der Waals surface area contributed by atoms with Crippen LogP contribution in [-0.4, -0.2) is 46.8 Å². The molecule has 0 spiro atoms. The van der Waals surface area contributed by atoms with Crippen molar-refractivity contribution < 1.29 is 14.4 Å². The molecule has 3 aliphatic rings. The summed E-state index contributed by atoms with van der Waals surface area (Å²) in [4.78, 5) is 41.8. The van der Waals surface area contributed by atoms with Crippen LogP contribution in [-0.2, 0) is 14.4 Å². The number of allylic oxidation sites excluding steroid dienone is 3. The maximum absolute atomic E-state index is 13.8. The fourth-order valence-corrected chi connectivity index (χ4v) is 5.77. The van der Waals surface area contributed by atoms with Gasteiger partial charge < -0.3 is 21.3 Å². The largest absolute Gasteiger partial charge is 0.344 e. The fraction of sp³-hybridized carbons (Fsp3) is 0.552. The van der Waals surface area contributed by atoms with E-state index in [0.29, 0.717) is 19.3 Å². The number of nitrogens with one attached hydrogen (secondary N) is 2. The van der Waals surface area contributed by atoms with Crippen LogP contribution < -0.4 is 16.4 Å². The molecule has 7 nitrogen and oxygen atoms in total. The van der Waals surface area contributed by atoms with Gasteiger partial charge in [0.15, 0.2) is 0 Å². The fourth-order valence-electron chi connectivity index (χ4n) is 5.77. The van der Waals surface area contributed by atoms with E-state index in [1.54, 1.807) is 4.90 Å². The Hall–Kier alpha value is -2.93. The first-order valence-electron chi connectivity index (χ1n) is 13.5. The quantitative estimate of drug-likeness (QED) is 0.541. The van der Waals surface area contributed by atoms with Gasteiger partial charge in [-0.1, -0.05) is 62.3 Å². The summed E-state index contributed by atoms with van der Waals surface area (Å²) in [5, 5.41) is 6.20. The van der Waals surface area contributed by atoms with Crippen molar-refractivity contribution >= 4 is 17.7 Å². The minimum Gasteiger partial charge on any atom is -0.344 e. The van der Waals surface area contributed by atoms with Gasteiger partial charge in [0.05, 0.1) is 12.1 Å². The molecule has 1 aromatic carbocycles. The molecule has 1 aliphatic carbocycles. The highest BCUT2D eigenvalue weighted by Gasteiger charge is 2.44. The predicted molar refractivity (Wildman–Crippen MR) is 141 cm³/mol. The van der Waals surface area contributed by atoms with E-state index in [-0.39, 0.29) is 29.8 Å². The summed E-state index contributed by atoms with van der Waals surface area (Å²) in [6, 6.07) is 6.14. The molecule has 2 fully saturated rings. The Morgan fingerprint density at radius 1 is 1.14 bits per heavy atom. The average Bonchev–Trinajstić information content (AvgIpc) is 3.31. The molecule has 2 saturated heterocycles. The number of nitrogens with two attached hydrogens (primary N) is 1. The van der Waals surface area contributed by atoms with Gasteiger partial charge in [0.2, 0.25) is 17.7 Å². The number of benzene rings is 1. The standard InChI is InChI=1S/C29H40N4O3/c1-3-23(30)27(34)31-24-16-10-8-14-21-17-18-25(33(21)29(24)36)28(35)32-26(20-12-5-4-6-13-20)22-15-9-7-11-19(22)2/h4-5,7,9,11-12,15,21,23-26H,3,6,8,10,13-14,16-18,30H2,1-2H3,(H,31,34)(H,32,35)/t21-,23-,24-,25-,26+/m0/s1. The lowest BCUT2D eigenvalue weighted by Crippen LogP contribution is -2.58. The summed E-state index contributed by atoms with van der Waals surface area (Å²) in [5.41, 5.74) is 9.29. The van der Waals surface area contributed by atoms with E-state index >= 15 is 0 Å². The van der Waals surface area contributed by atoms with Crippen molar-refractivity contribution in [3.8, 4) is 0 Å². The van der Waals surface area contributed by atoms with Crippen LogP contribution in [0.5, 0.6) is 0 Å². The van der Waals surface area contributed by atoms with Crippen LogP contribution in [0.15, 0.2) is 48.1 Å². The zero-order valence-corrected chi connectivity index (χ0v) is 21.5. The SMILES string of the molecule is CC[C@H](N)C(=O)N[C@H]1CCCC[C@H]2CC[C@@H](C(=O)N[C@H](C3=CC=CCC3)c3ccccc3C)N2C1=O. The number of rotatable bonds is 7. The summed E-state index contributed by atoms with van der Waals surface area (Å²) in [6.45, 7) is 3.92. The Morgan fingerprint density at radius 2 is 1.92 bits per heavy atom. The van der Waals surface area contributed by atoms with Crippen LogP contribution in [0.3, 0.4) is 0 Å². The third-order valence-electron chi connectivity index (χ3n) is 7.93. The van der Waals surface area contributed by atoms with Crippen LogP contribution in [0.25, 0.3) is 0 Å². The van der Waals surface area contributed by atoms with Crippen molar-refractivity contribution in [2.24, 2.45) is 5.73 Å². The van der Waals surface area contributed by atoms with Crippen molar-refractivity contribution in [2.45, 2.75) is 102 Å². The number of hydrogen-bond donors (Lipinski definition) is 3. The van der Waals surface area contributed by atoms with Crippen LogP contribution in [0.2, 0.25) is 0 Å². The van der Waals surface area contributed by atoms with Gasteiger partial charge in [-0.05, 0) is 68.6 Å². The Morgan fingerprint density at radius 3 is 2.64 bits per heavy atom. The van der Waals surface area contributed by atoms with Crippen molar-refractivity contribution in [1.82, 2.24) is 15.5 Å². The smallest absolute Gasteiger partial charge is 0.246 e. The summed E-state index contributed by atoms with van der Waals surface area (Å²) in [6.07, 6.45) is 13.4. The second-order valence-electron chi connectivity index (χ2n) is 10.4. The Kier molecular flexibility index (Phi) is 8.62. The summed E-state index contributed by atoms with van der Waals surface area (Å²) in [7, 11) is 0. The van der Waals surface area contributed by atoms with E-state index < -0.39 is 18.1 Å². The summed E-state index contributed by atoms with van der Waals surface area (Å²) in [5.74, 6) is -0.572. The molecule has 5 atom stereocenters. The maximum Gasteiger partial charge on any atom is 0.246 e. The molecule has 194 valence electrons. The van der Waals surface area contributed by atoms with E-state index in [1.807, 2.05) is 19.1 Å². The van der Waals surface area contributed by atoms with Gasteiger partial charge in [-0.15, -0.1) is 0 Å². The highest BCUT2D eigenvalue weighted by molar-refractivity contribution is 5.94. The lowest BCUT2D eigenvalue weighted by molar-refractivity contribution is -0.144. The predicted octanol–water partition coefficient (Wildman–Crippen LogP) is 3.58. The van der Waals surface area contributed by atoms with Crippen LogP contribution >= 0.6 is 0 Å². The number of amides is 3. The van der Waals surface area contributed by atoms with Gasteiger partial charge in [0.25, 0.3) is 0 Å². The molecule has 0 unspecified atom stereocenters. The Labute approximate surface area is 214 Å². The lowest BCUT2D eigenvalue weighted by atomic mass is 9.90. The molecule has 7 heteroatoms. The summed E-state index contributed by atoms with van der Waals surface area (Å²) < 4.78 is 0. The maximum atomic E-state index is 13.8. The number of carbonyl (C=O) groups excluding carboxylic acids is 3. The number of aryl methyl sites for hydroxylation is 1. The number of nitrogens with zero attached hydrogens (tertiary/aromatic N) is 1. The molecule has 4 rings (SSSR count). The highest BCUT2D eigenvalue weighted by atomic mass is 16.2. The normalized spacial score (nSPS) is 25.8. The number of carbonyl (C=O) groups is 3. The van der Waals surface area contributed by atoms with Gasteiger partial charge in [0, 0.05) is 6.04 Å². The lowest BCUT2D eigenvalue weighted by Gasteiger charge is -2.36.